The van der Waals surface area contributed by atoms with Gasteiger partial charge < -0.3 is 30.3 Å². The number of phenolic OH excluding ortho intramolecular Hbond substituents is 1. The summed E-state index contributed by atoms with van der Waals surface area (Å²) < 4.78 is 19.4. The largest absolute Gasteiger partial charge is 0.507 e. The highest BCUT2D eigenvalue weighted by molar-refractivity contribution is 5.74. The van der Waals surface area contributed by atoms with Crippen molar-refractivity contribution < 1.29 is 19.0 Å². The number of piperazine rings is 1. The fraction of sp³-hybridized carbons (Fsp3) is 0.500. The first-order chi connectivity index (χ1) is 20.1. The third-order valence-electron chi connectivity index (χ3n) is 8.32. The van der Waals surface area contributed by atoms with Crippen LogP contribution in [-0.2, 0) is 4.74 Å². The molecule has 3 N–H and O–H groups in total. The van der Waals surface area contributed by atoms with Crippen LogP contribution in [0.3, 0.4) is 0 Å². The molecule has 0 spiro atoms. The van der Waals surface area contributed by atoms with Crippen LogP contribution in [0.15, 0.2) is 36.5 Å². The van der Waals surface area contributed by atoms with Gasteiger partial charge in [0.15, 0.2) is 5.82 Å². The Balaban J connectivity index is 1.15. The van der Waals surface area contributed by atoms with Crippen LogP contribution >= 0.6 is 0 Å². The summed E-state index contributed by atoms with van der Waals surface area (Å²) in [5, 5.41) is 18.5. The summed E-state index contributed by atoms with van der Waals surface area (Å²) in [6, 6.07) is 7.88. The van der Waals surface area contributed by atoms with E-state index in [9.17, 15) is 14.3 Å². The van der Waals surface area contributed by atoms with Crippen molar-refractivity contribution in [2.24, 2.45) is 0 Å². The minimum atomic E-state index is -0.509. The predicted octanol–water partition coefficient (Wildman–Crippen LogP) is 4.33. The number of likely N-dealkylation sites (tertiary alicyclic amines) is 1. The number of fused-ring (bicyclic) bond motifs is 2. The Bertz CT molecular complexity index is 1460. The molecule has 0 unspecified atom stereocenters. The van der Waals surface area contributed by atoms with Gasteiger partial charge in [0.25, 0.3) is 0 Å². The number of carbonyl (C=O) groups excluding carboxylic acids is 1. The van der Waals surface area contributed by atoms with Crippen molar-refractivity contribution in [1.29, 1.82) is 0 Å². The van der Waals surface area contributed by atoms with E-state index in [0.717, 1.165) is 37.3 Å². The van der Waals surface area contributed by atoms with Crippen molar-refractivity contribution >= 4 is 23.5 Å². The molecule has 2 aromatic heterocycles. The second kappa shape index (κ2) is 10.9. The lowest BCUT2D eigenvalue weighted by atomic mass is 9.93. The molecule has 3 aliphatic heterocycles. The van der Waals surface area contributed by atoms with Gasteiger partial charge in [-0.25, -0.2) is 19.2 Å². The zero-order valence-corrected chi connectivity index (χ0v) is 24.2. The highest BCUT2D eigenvalue weighted by Gasteiger charge is 2.42. The standard InChI is InChI=1S/C30H37FN8O3/c1-30(2,3)42-29(41)37-12-9-18(10-13-37)23-8-11-33-28(34-23)39-20-5-6-21(39)17-38(16-20)25-15-24(35-36-27(25)32)22-14-19(31)4-7-26(22)40/h4,7-8,11,14-15,18,20-21,40H,5-6,9-10,12-13,16-17H2,1-3H3,(H2,32,36)/t20-,21+. The van der Waals surface area contributed by atoms with Gasteiger partial charge in [0.2, 0.25) is 5.95 Å². The quantitative estimate of drug-likeness (QED) is 0.462. The molecular weight excluding hydrogens is 539 g/mol. The van der Waals surface area contributed by atoms with Crippen molar-refractivity contribution in [2.45, 2.75) is 70.1 Å². The molecule has 11 nitrogen and oxygen atoms in total. The summed E-state index contributed by atoms with van der Waals surface area (Å²) >= 11 is 0. The number of phenols is 1. The molecule has 12 heteroatoms. The molecule has 3 fully saturated rings. The average Bonchev–Trinajstić information content (AvgIpc) is 3.23. The first-order valence-electron chi connectivity index (χ1n) is 14.5. The molecule has 0 radical (unpaired) electrons. The van der Waals surface area contributed by atoms with E-state index in [-0.39, 0.29) is 35.4 Å². The number of ether oxygens (including phenoxy) is 1. The van der Waals surface area contributed by atoms with E-state index in [1.165, 1.54) is 18.2 Å². The minimum absolute atomic E-state index is 0.0705. The molecule has 0 aliphatic carbocycles. The molecule has 222 valence electrons. The van der Waals surface area contributed by atoms with Crippen LogP contribution in [0.4, 0.5) is 26.6 Å². The molecule has 42 heavy (non-hydrogen) atoms. The zero-order valence-electron chi connectivity index (χ0n) is 24.2. The summed E-state index contributed by atoms with van der Waals surface area (Å²) in [6.45, 7) is 8.31. The van der Waals surface area contributed by atoms with Crippen LogP contribution in [0.1, 0.15) is 58.1 Å². The summed E-state index contributed by atoms with van der Waals surface area (Å²) in [5.74, 6) is 0.743. The van der Waals surface area contributed by atoms with Crippen LogP contribution in [0.25, 0.3) is 11.3 Å². The van der Waals surface area contributed by atoms with Gasteiger partial charge in [-0.05, 0) is 76.8 Å². The SMILES string of the molecule is CC(C)(C)OC(=O)N1CCC(c2ccnc(N3[C@@H]4CC[C@H]3CN(c3cc(-c5cc(F)ccc5O)nnc3N)C4)n2)CC1. The Morgan fingerprint density at radius 3 is 2.45 bits per heavy atom. The van der Waals surface area contributed by atoms with Crippen molar-refractivity contribution in [2.75, 3.05) is 41.7 Å². The topological polar surface area (TPSA) is 134 Å². The van der Waals surface area contributed by atoms with Gasteiger partial charge in [0, 0.05) is 61.6 Å². The highest BCUT2D eigenvalue weighted by Crippen LogP contribution is 2.39. The summed E-state index contributed by atoms with van der Waals surface area (Å²) in [7, 11) is 0. The van der Waals surface area contributed by atoms with Crippen molar-refractivity contribution in [3.63, 3.8) is 0 Å². The Hall–Kier alpha value is -4.22. The molecule has 3 aliphatic rings. The third-order valence-corrected chi connectivity index (χ3v) is 8.32. The molecule has 1 aromatic carbocycles. The van der Waals surface area contributed by atoms with Gasteiger partial charge in [0.05, 0.1) is 11.4 Å². The van der Waals surface area contributed by atoms with E-state index in [1.807, 2.05) is 33.0 Å². The monoisotopic (exact) mass is 576 g/mol. The molecule has 3 aromatic rings. The van der Waals surface area contributed by atoms with E-state index in [2.05, 4.69) is 25.0 Å². The molecule has 0 saturated carbocycles. The molecule has 2 atom stereocenters. The number of halogens is 1. The Labute approximate surface area is 244 Å². The van der Waals surface area contributed by atoms with Crippen LogP contribution in [0.2, 0.25) is 0 Å². The molecule has 2 bridgehead atoms. The Kier molecular flexibility index (Phi) is 7.24. The Morgan fingerprint density at radius 2 is 1.76 bits per heavy atom. The molecular formula is C30H37FN8O3. The van der Waals surface area contributed by atoms with Crippen molar-refractivity contribution in [1.82, 2.24) is 25.1 Å². The van der Waals surface area contributed by atoms with Gasteiger partial charge in [-0.3, -0.25) is 0 Å². The van der Waals surface area contributed by atoms with Crippen LogP contribution in [0.5, 0.6) is 5.75 Å². The van der Waals surface area contributed by atoms with E-state index >= 15 is 0 Å². The number of hydrogen-bond donors (Lipinski definition) is 2. The second-order valence-corrected chi connectivity index (χ2v) is 12.4. The first kappa shape index (κ1) is 27.9. The molecule has 3 saturated heterocycles. The number of hydrogen-bond acceptors (Lipinski definition) is 10. The van der Waals surface area contributed by atoms with Crippen molar-refractivity contribution in [3.05, 3.63) is 48.0 Å². The van der Waals surface area contributed by atoms with Crippen molar-refractivity contribution in [3.8, 4) is 17.0 Å². The maximum absolute atomic E-state index is 13.9. The van der Waals surface area contributed by atoms with Gasteiger partial charge in [-0.2, -0.15) is 0 Å². The maximum atomic E-state index is 13.9. The number of piperidine rings is 1. The summed E-state index contributed by atoms with van der Waals surface area (Å²) in [6.07, 6.45) is 5.23. The summed E-state index contributed by atoms with van der Waals surface area (Å²) in [5.41, 5.74) is 8.11. The lowest BCUT2D eigenvalue weighted by Crippen LogP contribution is -2.54. The van der Waals surface area contributed by atoms with Crippen LogP contribution in [-0.4, -0.2) is 80.1 Å². The van der Waals surface area contributed by atoms with Crippen LogP contribution < -0.4 is 15.5 Å². The number of nitrogens with zero attached hydrogens (tertiary/aromatic N) is 7. The van der Waals surface area contributed by atoms with Gasteiger partial charge >= 0.3 is 6.09 Å². The fourth-order valence-corrected chi connectivity index (χ4v) is 6.31. The number of nitrogen functional groups attached to an aromatic ring is 1. The summed E-state index contributed by atoms with van der Waals surface area (Å²) in [4.78, 5) is 28.5. The zero-order chi connectivity index (χ0) is 29.6. The molecule has 6 rings (SSSR count). The van der Waals surface area contributed by atoms with Gasteiger partial charge in [0.1, 0.15) is 17.2 Å². The van der Waals surface area contributed by atoms with Gasteiger partial charge in [-0.1, -0.05) is 0 Å². The molecule has 1 amide bonds. The maximum Gasteiger partial charge on any atom is 0.410 e. The smallest absolute Gasteiger partial charge is 0.410 e. The van der Waals surface area contributed by atoms with E-state index in [4.69, 9.17) is 15.5 Å². The number of anilines is 3. The molecule has 5 heterocycles. The minimum Gasteiger partial charge on any atom is -0.507 e. The number of nitrogens with two attached hydrogens (primary N) is 1. The number of carbonyl (C=O) groups is 1. The second-order valence-electron chi connectivity index (χ2n) is 12.4. The highest BCUT2D eigenvalue weighted by atomic mass is 19.1. The van der Waals surface area contributed by atoms with E-state index in [0.29, 0.717) is 43.4 Å². The lowest BCUT2D eigenvalue weighted by molar-refractivity contribution is 0.0204. The fourth-order valence-electron chi connectivity index (χ4n) is 6.31. The van der Waals surface area contributed by atoms with E-state index in [1.54, 1.807) is 11.0 Å². The average molecular weight is 577 g/mol. The Morgan fingerprint density at radius 1 is 1.05 bits per heavy atom. The number of amides is 1. The lowest BCUT2D eigenvalue weighted by Gasteiger charge is -2.42. The van der Waals surface area contributed by atoms with E-state index < -0.39 is 11.4 Å². The third kappa shape index (κ3) is 5.62. The number of aromatic hydroxyl groups is 1. The normalized spacial score (nSPS) is 21.1. The number of rotatable bonds is 4. The van der Waals surface area contributed by atoms with Gasteiger partial charge in [-0.15, -0.1) is 10.2 Å². The number of aromatic nitrogens is 4. The number of benzene rings is 1. The predicted molar refractivity (Wildman–Crippen MR) is 157 cm³/mol. The van der Waals surface area contributed by atoms with Crippen LogP contribution in [0, 0.1) is 5.82 Å². The first-order valence-corrected chi connectivity index (χ1v) is 14.5.